The summed E-state index contributed by atoms with van der Waals surface area (Å²) < 4.78 is 5.83. The lowest BCUT2D eigenvalue weighted by atomic mass is 9.84. The SMILES string of the molecule is CC(=O)N1CC[C@H]2CO[C@H](CNC(=O)c3cscn3)[C@H]2C1. The van der Waals surface area contributed by atoms with Gasteiger partial charge in [0.2, 0.25) is 5.91 Å². The average molecular weight is 309 g/mol. The fourth-order valence-corrected chi connectivity index (χ4v) is 3.67. The first kappa shape index (κ1) is 14.5. The van der Waals surface area contributed by atoms with Crippen molar-refractivity contribution in [1.82, 2.24) is 15.2 Å². The standard InChI is InChI=1S/C14H19N3O3S/c1-9(18)17-3-2-10-6-20-13(11(10)5-17)4-15-14(19)12-7-21-8-16-12/h7-8,10-11,13H,2-6H2,1H3,(H,15,19)/t10-,11-,13+/m0/s1. The topological polar surface area (TPSA) is 71.5 Å². The highest BCUT2D eigenvalue weighted by Gasteiger charge is 2.41. The number of rotatable bonds is 3. The van der Waals surface area contributed by atoms with Crippen LogP contribution in [0, 0.1) is 11.8 Å². The number of ether oxygens (including phenoxy) is 1. The van der Waals surface area contributed by atoms with Crippen LogP contribution in [0.1, 0.15) is 23.8 Å². The monoisotopic (exact) mass is 309 g/mol. The molecule has 3 rings (SSSR count). The zero-order valence-electron chi connectivity index (χ0n) is 11.9. The zero-order valence-corrected chi connectivity index (χ0v) is 12.8. The molecule has 21 heavy (non-hydrogen) atoms. The molecule has 0 bridgehead atoms. The number of amides is 2. The highest BCUT2D eigenvalue weighted by molar-refractivity contribution is 7.07. The molecule has 7 heteroatoms. The van der Waals surface area contributed by atoms with E-state index in [9.17, 15) is 9.59 Å². The van der Waals surface area contributed by atoms with Gasteiger partial charge in [-0.15, -0.1) is 11.3 Å². The number of carbonyl (C=O) groups excluding carboxylic acids is 2. The van der Waals surface area contributed by atoms with Gasteiger partial charge in [-0.1, -0.05) is 0 Å². The highest BCUT2D eigenvalue weighted by atomic mass is 32.1. The van der Waals surface area contributed by atoms with Gasteiger partial charge in [0.15, 0.2) is 0 Å². The number of hydrogen-bond donors (Lipinski definition) is 1. The Bertz CT molecular complexity index is 520. The van der Waals surface area contributed by atoms with E-state index in [1.807, 2.05) is 4.90 Å². The average Bonchev–Trinajstić information content (AvgIpc) is 3.14. The third kappa shape index (κ3) is 3.08. The quantitative estimate of drug-likeness (QED) is 0.894. The number of hydrogen-bond acceptors (Lipinski definition) is 5. The number of nitrogens with one attached hydrogen (secondary N) is 1. The van der Waals surface area contributed by atoms with Crippen molar-refractivity contribution in [2.24, 2.45) is 11.8 Å². The molecule has 2 amide bonds. The molecule has 114 valence electrons. The molecule has 2 fully saturated rings. The summed E-state index contributed by atoms with van der Waals surface area (Å²) in [5.41, 5.74) is 2.09. The van der Waals surface area contributed by atoms with E-state index in [4.69, 9.17) is 4.74 Å². The molecule has 0 spiro atoms. The van der Waals surface area contributed by atoms with E-state index in [0.29, 0.717) is 24.1 Å². The van der Waals surface area contributed by atoms with Gasteiger partial charge in [-0.05, 0) is 12.3 Å². The van der Waals surface area contributed by atoms with Gasteiger partial charge in [-0.25, -0.2) is 4.98 Å². The van der Waals surface area contributed by atoms with Crippen molar-refractivity contribution in [3.63, 3.8) is 0 Å². The number of carbonyl (C=O) groups is 2. The van der Waals surface area contributed by atoms with Gasteiger partial charge >= 0.3 is 0 Å². The number of thiazole rings is 1. The third-order valence-corrected chi connectivity index (χ3v) is 4.97. The molecule has 3 heterocycles. The molecule has 2 aliphatic rings. The summed E-state index contributed by atoms with van der Waals surface area (Å²) in [5, 5.41) is 4.61. The van der Waals surface area contributed by atoms with Crippen LogP contribution in [0.25, 0.3) is 0 Å². The normalized spacial score (nSPS) is 28.2. The third-order valence-electron chi connectivity index (χ3n) is 4.38. The van der Waals surface area contributed by atoms with Crippen molar-refractivity contribution in [3.05, 3.63) is 16.6 Å². The van der Waals surface area contributed by atoms with Crippen molar-refractivity contribution < 1.29 is 14.3 Å². The molecular weight excluding hydrogens is 290 g/mol. The van der Waals surface area contributed by atoms with E-state index >= 15 is 0 Å². The van der Waals surface area contributed by atoms with Gasteiger partial charge in [0.25, 0.3) is 5.91 Å². The Labute approximate surface area is 127 Å². The lowest BCUT2D eigenvalue weighted by Gasteiger charge is -2.35. The van der Waals surface area contributed by atoms with Crippen LogP contribution >= 0.6 is 11.3 Å². The number of piperidine rings is 1. The first-order chi connectivity index (χ1) is 10.1. The molecule has 2 saturated heterocycles. The predicted molar refractivity (Wildman–Crippen MR) is 78.0 cm³/mol. The lowest BCUT2D eigenvalue weighted by Crippen LogP contribution is -2.46. The van der Waals surface area contributed by atoms with Gasteiger partial charge < -0.3 is 15.0 Å². The summed E-state index contributed by atoms with van der Waals surface area (Å²) >= 11 is 1.40. The Hall–Kier alpha value is -1.47. The molecule has 0 aromatic carbocycles. The fraction of sp³-hybridized carbons (Fsp3) is 0.643. The fourth-order valence-electron chi connectivity index (χ4n) is 3.13. The van der Waals surface area contributed by atoms with E-state index in [0.717, 1.165) is 26.1 Å². The first-order valence-electron chi connectivity index (χ1n) is 7.18. The molecule has 2 aliphatic heterocycles. The smallest absolute Gasteiger partial charge is 0.270 e. The summed E-state index contributed by atoms with van der Waals surface area (Å²) in [5.74, 6) is 0.772. The minimum absolute atomic E-state index is 0.0141. The van der Waals surface area contributed by atoms with Crippen LogP contribution in [-0.2, 0) is 9.53 Å². The lowest BCUT2D eigenvalue weighted by molar-refractivity contribution is -0.131. The van der Waals surface area contributed by atoms with E-state index < -0.39 is 0 Å². The van der Waals surface area contributed by atoms with Crippen LogP contribution in [0.15, 0.2) is 10.9 Å². The maximum absolute atomic E-state index is 11.9. The summed E-state index contributed by atoms with van der Waals surface area (Å²) in [6, 6.07) is 0. The molecule has 0 saturated carbocycles. The van der Waals surface area contributed by atoms with Gasteiger partial charge in [-0.3, -0.25) is 9.59 Å². The number of aromatic nitrogens is 1. The summed E-state index contributed by atoms with van der Waals surface area (Å²) in [6.07, 6.45) is 0.973. The zero-order chi connectivity index (χ0) is 14.8. The summed E-state index contributed by atoms with van der Waals surface area (Å²) in [4.78, 5) is 29.3. The molecule has 1 N–H and O–H groups in total. The van der Waals surface area contributed by atoms with Crippen LogP contribution in [-0.4, -0.2) is 54.0 Å². The maximum atomic E-state index is 11.9. The van der Waals surface area contributed by atoms with E-state index in [2.05, 4.69) is 10.3 Å². The summed E-state index contributed by atoms with van der Waals surface area (Å²) in [7, 11) is 0. The highest BCUT2D eigenvalue weighted by Crippen LogP contribution is 2.33. The van der Waals surface area contributed by atoms with Crippen LogP contribution in [0.2, 0.25) is 0 Å². The molecule has 0 aliphatic carbocycles. The van der Waals surface area contributed by atoms with E-state index in [1.165, 1.54) is 11.3 Å². The van der Waals surface area contributed by atoms with Crippen molar-refractivity contribution in [2.45, 2.75) is 19.4 Å². The Kier molecular flexibility index (Phi) is 4.21. The minimum Gasteiger partial charge on any atom is -0.376 e. The number of nitrogens with zero attached hydrogens (tertiary/aromatic N) is 2. The van der Waals surface area contributed by atoms with Gasteiger partial charge in [0.05, 0.1) is 18.2 Å². The van der Waals surface area contributed by atoms with Crippen molar-refractivity contribution in [3.8, 4) is 0 Å². The Morgan fingerprint density at radius 2 is 2.43 bits per heavy atom. The maximum Gasteiger partial charge on any atom is 0.270 e. The molecule has 0 radical (unpaired) electrons. The molecular formula is C14H19N3O3S. The van der Waals surface area contributed by atoms with Gasteiger partial charge in [-0.2, -0.15) is 0 Å². The van der Waals surface area contributed by atoms with Crippen molar-refractivity contribution in [1.29, 1.82) is 0 Å². The second-order valence-corrected chi connectivity index (χ2v) is 6.35. The van der Waals surface area contributed by atoms with Crippen LogP contribution in [0.4, 0.5) is 0 Å². The molecule has 6 nitrogen and oxygen atoms in total. The number of likely N-dealkylation sites (tertiary alicyclic amines) is 1. The van der Waals surface area contributed by atoms with E-state index in [1.54, 1.807) is 17.8 Å². The second kappa shape index (κ2) is 6.11. The number of fused-ring (bicyclic) bond motifs is 1. The Balaban J connectivity index is 1.56. The Morgan fingerprint density at radius 1 is 1.57 bits per heavy atom. The minimum atomic E-state index is -0.164. The van der Waals surface area contributed by atoms with E-state index in [-0.39, 0.29) is 17.9 Å². The van der Waals surface area contributed by atoms with Gasteiger partial charge in [0, 0.05) is 37.9 Å². The first-order valence-corrected chi connectivity index (χ1v) is 8.13. The molecule has 1 aromatic rings. The summed E-state index contributed by atoms with van der Waals surface area (Å²) in [6.45, 7) is 4.36. The molecule has 0 unspecified atom stereocenters. The van der Waals surface area contributed by atoms with Crippen LogP contribution in [0.3, 0.4) is 0 Å². The Morgan fingerprint density at radius 3 is 3.14 bits per heavy atom. The molecule has 1 aromatic heterocycles. The van der Waals surface area contributed by atoms with Crippen LogP contribution < -0.4 is 5.32 Å². The van der Waals surface area contributed by atoms with Crippen LogP contribution in [0.5, 0.6) is 0 Å². The van der Waals surface area contributed by atoms with Gasteiger partial charge in [0.1, 0.15) is 5.69 Å². The van der Waals surface area contributed by atoms with Crippen molar-refractivity contribution in [2.75, 3.05) is 26.2 Å². The van der Waals surface area contributed by atoms with Crippen molar-refractivity contribution >= 4 is 23.2 Å². The predicted octanol–water partition coefficient (Wildman–Crippen LogP) is 0.756. The largest absolute Gasteiger partial charge is 0.376 e. The second-order valence-electron chi connectivity index (χ2n) is 5.63. The molecule has 3 atom stereocenters.